The minimum absolute atomic E-state index is 0.0300. The van der Waals surface area contributed by atoms with Crippen LogP contribution in [0.15, 0.2) is 12.1 Å². The van der Waals surface area contributed by atoms with E-state index in [2.05, 4.69) is 10.6 Å². The van der Waals surface area contributed by atoms with Crippen LogP contribution in [-0.2, 0) is 0 Å². The van der Waals surface area contributed by atoms with E-state index in [-0.39, 0.29) is 5.69 Å². The van der Waals surface area contributed by atoms with Crippen molar-refractivity contribution in [3.05, 3.63) is 29.6 Å². The lowest BCUT2D eigenvalue weighted by Crippen LogP contribution is -2.31. The van der Waals surface area contributed by atoms with Crippen molar-refractivity contribution in [1.82, 2.24) is 5.32 Å². The molecule has 1 aromatic carbocycles. The van der Waals surface area contributed by atoms with Crippen molar-refractivity contribution in [1.29, 1.82) is 0 Å². The first-order chi connectivity index (χ1) is 8.18. The zero-order chi connectivity index (χ0) is 12.3. The standard InChI is InChI=1S/C12H15F3N2/c13-9-1-2-10(12(15)11(9)14)17-7-8-3-5-16-6-4-8/h1-2,8,16-17H,3-7H2. The summed E-state index contributed by atoms with van der Waals surface area (Å²) in [4.78, 5) is 0. The van der Waals surface area contributed by atoms with E-state index in [0.29, 0.717) is 12.5 Å². The lowest BCUT2D eigenvalue weighted by atomic mass is 9.98. The van der Waals surface area contributed by atoms with E-state index in [1.54, 1.807) is 0 Å². The summed E-state index contributed by atoms with van der Waals surface area (Å²) in [5.41, 5.74) is 0.0300. The molecule has 2 rings (SSSR count). The number of benzene rings is 1. The second-order valence-corrected chi connectivity index (χ2v) is 4.30. The van der Waals surface area contributed by atoms with Crippen LogP contribution < -0.4 is 10.6 Å². The molecule has 1 aromatic rings. The lowest BCUT2D eigenvalue weighted by Gasteiger charge is -2.23. The quantitative estimate of drug-likeness (QED) is 0.798. The number of nitrogens with one attached hydrogen (secondary N) is 2. The molecule has 1 saturated heterocycles. The molecule has 1 aliphatic heterocycles. The molecule has 1 heterocycles. The van der Waals surface area contributed by atoms with Crippen molar-refractivity contribution in [3.63, 3.8) is 0 Å². The van der Waals surface area contributed by atoms with Gasteiger partial charge < -0.3 is 10.6 Å². The smallest absolute Gasteiger partial charge is 0.196 e. The second-order valence-electron chi connectivity index (χ2n) is 4.30. The molecule has 0 atom stereocenters. The fourth-order valence-electron chi connectivity index (χ4n) is 2.00. The summed E-state index contributed by atoms with van der Waals surface area (Å²) in [6, 6.07) is 2.16. The van der Waals surface area contributed by atoms with E-state index in [1.165, 1.54) is 6.07 Å². The Labute approximate surface area is 98.2 Å². The summed E-state index contributed by atoms with van der Waals surface area (Å²) >= 11 is 0. The molecular weight excluding hydrogens is 229 g/mol. The van der Waals surface area contributed by atoms with Gasteiger partial charge in [-0.3, -0.25) is 0 Å². The molecule has 94 valence electrons. The molecule has 0 spiro atoms. The van der Waals surface area contributed by atoms with Crippen LogP contribution in [0.3, 0.4) is 0 Å². The van der Waals surface area contributed by atoms with E-state index in [0.717, 1.165) is 32.0 Å². The minimum atomic E-state index is -1.42. The van der Waals surface area contributed by atoms with Crippen molar-refractivity contribution in [2.45, 2.75) is 12.8 Å². The minimum Gasteiger partial charge on any atom is -0.382 e. The predicted octanol–water partition coefficient (Wildman–Crippen LogP) is 2.52. The fraction of sp³-hybridized carbons (Fsp3) is 0.500. The first kappa shape index (κ1) is 12.2. The molecule has 5 heteroatoms. The van der Waals surface area contributed by atoms with Crippen LogP contribution >= 0.6 is 0 Å². The lowest BCUT2D eigenvalue weighted by molar-refractivity contribution is 0.388. The van der Waals surface area contributed by atoms with Crippen LogP contribution in [0.5, 0.6) is 0 Å². The van der Waals surface area contributed by atoms with Gasteiger partial charge in [-0.1, -0.05) is 0 Å². The van der Waals surface area contributed by atoms with E-state index in [4.69, 9.17) is 0 Å². The Hall–Kier alpha value is -1.23. The van der Waals surface area contributed by atoms with Crippen molar-refractivity contribution in [2.75, 3.05) is 25.0 Å². The highest BCUT2D eigenvalue weighted by Gasteiger charge is 2.16. The van der Waals surface area contributed by atoms with Crippen LogP contribution in [-0.4, -0.2) is 19.6 Å². The van der Waals surface area contributed by atoms with Gasteiger partial charge in [-0.15, -0.1) is 0 Å². The molecule has 2 nitrogen and oxygen atoms in total. The highest BCUT2D eigenvalue weighted by molar-refractivity contribution is 5.45. The number of piperidine rings is 1. The van der Waals surface area contributed by atoms with Gasteiger partial charge >= 0.3 is 0 Å². The van der Waals surface area contributed by atoms with Crippen molar-refractivity contribution in [2.24, 2.45) is 5.92 Å². The molecule has 0 aromatic heterocycles. The van der Waals surface area contributed by atoms with Crippen LogP contribution in [0.2, 0.25) is 0 Å². The zero-order valence-corrected chi connectivity index (χ0v) is 9.40. The molecule has 1 aliphatic rings. The SMILES string of the molecule is Fc1ccc(NCC2CCNCC2)c(F)c1F. The number of anilines is 1. The first-order valence-corrected chi connectivity index (χ1v) is 5.76. The zero-order valence-electron chi connectivity index (χ0n) is 9.40. The summed E-state index contributed by atoms with van der Waals surface area (Å²) < 4.78 is 39.0. The Kier molecular flexibility index (Phi) is 3.89. The fourth-order valence-corrected chi connectivity index (χ4v) is 2.00. The van der Waals surface area contributed by atoms with Gasteiger partial charge in [0.25, 0.3) is 0 Å². The van der Waals surface area contributed by atoms with E-state index < -0.39 is 17.5 Å². The molecule has 0 aliphatic carbocycles. The number of hydrogen-bond donors (Lipinski definition) is 2. The van der Waals surface area contributed by atoms with E-state index in [1.807, 2.05) is 0 Å². The normalized spacial score (nSPS) is 17.1. The van der Waals surface area contributed by atoms with Crippen LogP contribution in [0.4, 0.5) is 18.9 Å². The van der Waals surface area contributed by atoms with Crippen molar-refractivity contribution >= 4 is 5.69 Å². The van der Waals surface area contributed by atoms with Gasteiger partial charge in [-0.25, -0.2) is 13.2 Å². The Morgan fingerprint density at radius 2 is 1.82 bits per heavy atom. The maximum atomic E-state index is 13.3. The summed E-state index contributed by atoms with van der Waals surface area (Å²) in [7, 11) is 0. The Morgan fingerprint density at radius 1 is 1.12 bits per heavy atom. The van der Waals surface area contributed by atoms with E-state index >= 15 is 0 Å². The first-order valence-electron chi connectivity index (χ1n) is 5.76. The summed E-state index contributed by atoms with van der Waals surface area (Å²) in [5, 5.41) is 6.07. The molecule has 0 radical (unpaired) electrons. The van der Waals surface area contributed by atoms with Gasteiger partial charge in [0.15, 0.2) is 17.5 Å². The number of rotatable bonds is 3. The predicted molar refractivity (Wildman–Crippen MR) is 60.4 cm³/mol. The van der Waals surface area contributed by atoms with E-state index in [9.17, 15) is 13.2 Å². The third-order valence-corrected chi connectivity index (χ3v) is 3.08. The summed E-state index contributed by atoms with van der Waals surface area (Å²) in [5.74, 6) is -3.27. The molecule has 0 amide bonds. The number of hydrogen-bond acceptors (Lipinski definition) is 2. The second kappa shape index (κ2) is 5.40. The molecule has 2 N–H and O–H groups in total. The maximum absolute atomic E-state index is 13.3. The average molecular weight is 244 g/mol. The highest BCUT2D eigenvalue weighted by Crippen LogP contribution is 2.21. The molecular formula is C12H15F3N2. The molecule has 0 unspecified atom stereocenters. The van der Waals surface area contributed by atoms with Crippen LogP contribution in [0, 0.1) is 23.4 Å². The van der Waals surface area contributed by atoms with Crippen molar-refractivity contribution < 1.29 is 13.2 Å². The summed E-state index contributed by atoms with van der Waals surface area (Å²) in [6.45, 7) is 2.49. The third-order valence-electron chi connectivity index (χ3n) is 3.08. The van der Waals surface area contributed by atoms with Gasteiger partial charge in [0.05, 0.1) is 5.69 Å². The largest absolute Gasteiger partial charge is 0.382 e. The van der Waals surface area contributed by atoms with Gasteiger partial charge in [0.1, 0.15) is 0 Å². The van der Waals surface area contributed by atoms with Crippen LogP contribution in [0.25, 0.3) is 0 Å². The molecule has 1 fully saturated rings. The monoisotopic (exact) mass is 244 g/mol. The van der Waals surface area contributed by atoms with Crippen molar-refractivity contribution in [3.8, 4) is 0 Å². The third kappa shape index (κ3) is 2.91. The van der Waals surface area contributed by atoms with Crippen LogP contribution in [0.1, 0.15) is 12.8 Å². The average Bonchev–Trinajstić information content (AvgIpc) is 2.36. The highest BCUT2D eigenvalue weighted by atomic mass is 19.2. The Bertz CT molecular complexity index is 390. The summed E-state index contributed by atoms with van der Waals surface area (Å²) in [6.07, 6.45) is 2.02. The molecule has 0 saturated carbocycles. The Morgan fingerprint density at radius 3 is 2.53 bits per heavy atom. The van der Waals surface area contributed by atoms with Gasteiger partial charge in [0, 0.05) is 6.54 Å². The topological polar surface area (TPSA) is 24.1 Å². The van der Waals surface area contributed by atoms with Gasteiger partial charge in [-0.2, -0.15) is 0 Å². The molecule has 0 bridgehead atoms. The van der Waals surface area contributed by atoms with Gasteiger partial charge in [-0.05, 0) is 44.0 Å². The number of halogens is 3. The Balaban J connectivity index is 1.96. The molecule has 17 heavy (non-hydrogen) atoms. The van der Waals surface area contributed by atoms with Gasteiger partial charge in [0.2, 0.25) is 0 Å². The maximum Gasteiger partial charge on any atom is 0.196 e.